The number of benzene rings is 1. The number of hydrogen-bond donors (Lipinski definition) is 0. The summed E-state index contributed by atoms with van der Waals surface area (Å²) in [6.07, 6.45) is 5.76. The summed E-state index contributed by atoms with van der Waals surface area (Å²) in [7, 11) is 0. The standard InChI is InChI=1S/C25H28ClN5O/c1-17(2)14-23(32)31-12-10-30(11-13-31)22-16-28-24(19-6-4-18(3)5-7-19)25(29-22)20-8-9-27-15-21(20)26/h4-9,15-17H,10-14H2,1-3H3. The van der Waals surface area contributed by atoms with Crippen LogP contribution in [0.1, 0.15) is 25.8 Å². The quantitative estimate of drug-likeness (QED) is 0.556. The summed E-state index contributed by atoms with van der Waals surface area (Å²) in [5, 5.41) is 0.538. The van der Waals surface area contributed by atoms with E-state index in [-0.39, 0.29) is 5.91 Å². The Bertz CT molecular complexity index is 1090. The number of piperazine rings is 1. The SMILES string of the molecule is Cc1ccc(-c2ncc(N3CCN(C(=O)CC(C)C)CC3)nc2-c2ccncc2Cl)cc1. The van der Waals surface area contributed by atoms with Crippen LogP contribution in [0, 0.1) is 12.8 Å². The van der Waals surface area contributed by atoms with Gasteiger partial charge in [0.25, 0.3) is 0 Å². The maximum atomic E-state index is 12.4. The highest BCUT2D eigenvalue weighted by molar-refractivity contribution is 6.33. The molecule has 166 valence electrons. The van der Waals surface area contributed by atoms with Crippen LogP contribution in [0.3, 0.4) is 0 Å². The monoisotopic (exact) mass is 449 g/mol. The third kappa shape index (κ3) is 4.91. The first kappa shape index (κ1) is 22.2. The molecular formula is C25H28ClN5O. The zero-order valence-corrected chi connectivity index (χ0v) is 19.5. The highest BCUT2D eigenvalue weighted by Gasteiger charge is 2.24. The van der Waals surface area contributed by atoms with E-state index in [1.165, 1.54) is 5.56 Å². The fourth-order valence-corrected chi connectivity index (χ4v) is 4.08. The van der Waals surface area contributed by atoms with Crippen molar-refractivity contribution in [3.05, 3.63) is 59.5 Å². The van der Waals surface area contributed by atoms with Crippen LogP contribution in [0.15, 0.2) is 48.9 Å². The third-order valence-electron chi connectivity index (χ3n) is 5.65. The van der Waals surface area contributed by atoms with Crippen molar-refractivity contribution in [3.63, 3.8) is 0 Å². The van der Waals surface area contributed by atoms with Crippen LogP contribution < -0.4 is 4.90 Å². The van der Waals surface area contributed by atoms with Crippen LogP contribution in [-0.4, -0.2) is 51.9 Å². The van der Waals surface area contributed by atoms with Crippen molar-refractivity contribution in [2.75, 3.05) is 31.1 Å². The van der Waals surface area contributed by atoms with Gasteiger partial charge in [-0.05, 0) is 18.9 Å². The average Bonchev–Trinajstić information content (AvgIpc) is 2.79. The van der Waals surface area contributed by atoms with E-state index in [1.807, 2.05) is 17.2 Å². The van der Waals surface area contributed by atoms with Crippen LogP contribution >= 0.6 is 11.6 Å². The van der Waals surface area contributed by atoms with E-state index >= 15 is 0 Å². The molecule has 0 spiro atoms. The van der Waals surface area contributed by atoms with Gasteiger partial charge in [0.15, 0.2) is 0 Å². The van der Waals surface area contributed by atoms with Gasteiger partial charge in [-0.15, -0.1) is 0 Å². The zero-order chi connectivity index (χ0) is 22.7. The lowest BCUT2D eigenvalue weighted by Gasteiger charge is -2.35. The lowest BCUT2D eigenvalue weighted by Crippen LogP contribution is -2.49. The van der Waals surface area contributed by atoms with Gasteiger partial charge in [0.2, 0.25) is 5.91 Å². The van der Waals surface area contributed by atoms with E-state index in [2.05, 4.69) is 54.9 Å². The number of carbonyl (C=O) groups excluding carboxylic acids is 1. The van der Waals surface area contributed by atoms with Gasteiger partial charge in [-0.2, -0.15) is 0 Å². The molecule has 1 saturated heterocycles. The number of amides is 1. The summed E-state index contributed by atoms with van der Waals surface area (Å²) in [6.45, 7) is 9.05. The molecule has 1 fully saturated rings. The first-order valence-electron chi connectivity index (χ1n) is 11.0. The summed E-state index contributed by atoms with van der Waals surface area (Å²) in [4.78, 5) is 30.5. The van der Waals surface area contributed by atoms with Crippen LogP contribution in [0.5, 0.6) is 0 Å². The van der Waals surface area contributed by atoms with E-state index < -0.39 is 0 Å². The number of aromatic nitrogens is 3. The van der Waals surface area contributed by atoms with Gasteiger partial charge >= 0.3 is 0 Å². The average molecular weight is 450 g/mol. The molecule has 3 heterocycles. The Kier molecular flexibility index (Phi) is 6.70. The fraction of sp³-hybridized carbons (Fsp3) is 0.360. The molecule has 0 atom stereocenters. The van der Waals surface area contributed by atoms with Gasteiger partial charge in [0, 0.05) is 56.1 Å². The minimum atomic E-state index is 0.227. The molecule has 2 aromatic heterocycles. The minimum Gasteiger partial charge on any atom is -0.352 e. The molecule has 1 aliphatic heterocycles. The fourth-order valence-electron chi connectivity index (χ4n) is 3.87. The largest absolute Gasteiger partial charge is 0.352 e. The first-order valence-corrected chi connectivity index (χ1v) is 11.4. The summed E-state index contributed by atoms with van der Waals surface area (Å²) in [6, 6.07) is 10.1. The molecule has 3 aromatic rings. The molecule has 0 aliphatic carbocycles. The predicted octanol–water partition coefficient (Wildman–Crippen LogP) is 4.86. The smallest absolute Gasteiger partial charge is 0.222 e. The summed E-state index contributed by atoms with van der Waals surface area (Å²) in [5.74, 6) is 1.39. The first-order chi connectivity index (χ1) is 15.4. The van der Waals surface area contributed by atoms with Crippen molar-refractivity contribution in [2.24, 2.45) is 5.92 Å². The Balaban J connectivity index is 1.64. The van der Waals surface area contributed by atoms with Gasteiger partial charge < -0.3 is 9.80 Å². The van der Waals surface area contributed by atoms with E-state index in [4.69, 9.17) is 21.6 Å². The maximum Gasteiger partial charge on any atom is 0.222 e. The number of carbonyl (C=O) groups is 1. The molecule has 1 aromatic carbocycles. The second kappa shape index (κ2) is 9.65. The van der Waals surface area contributed by atoms with E-state index in [1.54, 1.807) is 12.4 Å². The third-order valence-corrected chi connectivity index (χ3v) is 5.95. The van der Waals surface area contributed by atoms with Gasteiger partial charge in [0.05, 0.1) is 16.9 Å². The molecule has 0 saturated carbocycles. The van der Waals surface area contributed by atoms with Gasteiger partial charge in [-0.3, -0.25) is 14.8 Å². The zero-order valence-electron chi connectivity index (χ0n) is 18.8. The van der Waals surface area contributed by atoms with Crippen molar-refractivity contribution in [1.29, 1.82) is 0 Å². The summed E-state index contributed by atoms with van der Waals surface area (Å²) < 4.78 is 0. The van der Waals surface area contributed by atoms with Crippen molar-refractivity contribution in [1.82, 2.24) is 19.9 Å². The van der Waals surface area contributed by atoms with E-state index in [0.29, 0.717) is 30.5 Å². The highest BCUT2D eigenvalue weighted by atomic mass is 35.5. The molecule has 1 aliphatic rings. The number of rotatable bonds is 5. The number of nitrogens with zero attached hydrogens (tertiary/aromatic N) is 5. The maximum absolute atomic E-state index is 12.4. The van der Waals surface area contributed by atoms with Crippen LogP contribution in [-0.2, 0) is 4.79 Å². The topological polar surface area (TPSA) is 62.2 Å². The van der Waals surface area contributed by atoms with Gasteiger partial charge in [0.1, 0.15) is 11.5 Å². The molecule has 0 N–H and O–H groups in total. The highest BCUT2D eigenvalue weighted by Crippen LogP contribution is 2.34. The van der Waals surface area contributed by atoms with Crippen molar-refractivity contribution >= 4 is 23.3 Å². The molecular weight excluding hydrogens is 422 g/mol. The van der Waals surface area contributed by atoms with Crippen LogP contribution in [0.2, 0.25) is 5.02 Å². The molecule has 0 bridgehead atoms. The number of aryl methyl sites for hydroxylation is 1. The number of hydrogen-bond acceptors (Lipinski definition) is 5. The molecule has 32 heavy (non-hydrogen) atoms. The Morgan fingerprint density at radius 3 is 2.41 bits per heavy atom. The van der Waals surface area contributed by atoms with Gasteiger partial charge in [-0.25, -0.2) is 4.98 Å². The van der Waals surface area contributed by atoms with Crippen LogP contribution in [0.25, 0.3) is 22.5 Å². The Hall–Kier alpha value is -2.99. The Morgan fingerprint density at radius 2 is 1.75 bits per heavy atom. The second-order valence-electron chi connectivity index (χ2n) is 8.61. The van der Waals surface area contributed by atoms with Crippen molar-refractivity contribution < 1.29 is 4.79 Å². The van der Waals surface area contributed by atoms with Crippen LogP contribution in [0.4, 0.5) is 5.82 Å². The number of halogens is 1. The van der Waals surface area contributed by atoms with E-state index in [0.717, 1.165) is 41.4 Å². The molecule has 4 rings (SSSR count). The molecule has 6 nitrogen and oxygen atoms in total. The second-order valence-corrected chi connectivity index (χ2v) is 9.02. The normalized spacial score (nSPS) is 14.2. The van der Waals surface area contributed by atoms with Crippen molar-refractivity contribution in [3.8, 4) is 22.5 Å². The number of pyridine rings is 1. The lowest BCUT2D eigenvalue weighted by atomic mass is 10.0. The minimum absolute atomic E-state index is 0.227. The predicted molar refractivity (Wildman–Crippen MR) is 129 cm³/mol. The summed E-state index contributed by atoms with van der Waals surface area (Å²) in [5.41, 5.74) is 4.50. The lowest BCUT2D eigenvalue weighted by molar-refractivity contribution is -0.132. The Morgan fingerprint density at radius 1 is 1.03 bits per heavy atom. The van der Waals surface area contributed by atoms with Crippen molar-refractivity contribution in [2.45, 2.75) is 27.2 Å². The van der Waals surface area contributed by atoms with E-state index in [9.17, 15) is 4.79 Å². The molecule has 7 heteroatoms. The molecule has 0 unspecified atom stereocenters. The number of anilines is 1. The molecule has 1 amide bonds. The Labute approximate surface area is 194 Å². The summed E-state index contributed by atoms with van der Waals surface area (Å²) >= 11 is 6.49. The molecule has 0 radical (unpaired) electrons. The van der Waals surface area contributed by atoms with Gasteiger partial charge in [-0.1, -0.05) is 55.3 Å².